The van der Waals surface area contributed by atoms with Crippen molar-refractivity contribution in [3.8, 4) is 0 Å². The van der Waals surface area contributed by atoms with Crippen molar-refractivity contribution in [2.75, 3.05) is 42.9 Å². The minimum Gasteiger partial charge on any atom is -0.368 e. The van der Waals surface area contributed by atoms with Crippen molar-refractivity contribution in [2.45, 2.75) is 26.3 Å². The smallest absolute Gasteiger partial charge is 0.230 e. The quantitative estimate of drug-likeness (QED) is 0.715. The Morgan fingerprint density at radius 3 is 2.69 bits per heavy atom. The molecule has 0 saturated carbocycles. The van der Waals surface area contributed by atoms with E-state index in [4.69, 9.17) is 4.98 Å². The van der Waals surface area contributed by atoms with Gasteiger partial charge in [0.25, 0.3) is 0 Å². The summed E-state index contributed by atoms with van der Waals surface area (Å²) in [6.45, 7) is 11.2. The zero-order chi connectivity index (χ0) is 20.0. The van der Waals surface area contributed by atoms with Gasteiger partial charge < -0.3 is 20.1 Å². The van der Waals surface area contributed by atoms with Crippen LogP contribution in [0, 0.1) is 0 Å². The van der Waals surface area contributed by atoms with E-state index in [9.17, 15) is 0 Å². The highest BCUT2D eigenvalue weighted by molar-refractivity contribution is 6.02. The summed E-state index contributed by atoms with van der Waals surface area (Å²) in [5, 5.41) is 7.65. The van der Waals surface area contributed by atoms with Crippen LogP contribution in [-0.2, 0) is 5.54 Å². The van der Waals surface area contributed by atoms with Gasteiger partial charge in [-0.3, -0.25) is 4.99 Å². The van der Waals surface area contributed by atoms with Gasteiger partial charge in [-0.15, -0.1) is 0 Å². The highest BCUT2D eigenvalue weighted by Crippen LogP contribution is 2.31. The SMILES string of the molecule is CC1=NCC(C)(C)n2c1cc1cnc(Nc3ccc(N4CCNCC4)cn3)nc12. The highest BCUT2D eigenvalue weighted by Gasteiger charge is 2.30. The number of fused-ring (bicyclic) bond motifs is 3. The molecule has 0 unspecified atom stereocenters. The van der Waals surface area contributed by atoms with Crippen LogP contribution in [0.3, 0.4) is 0 Å². The Labute approximate surface area is 170 Å². The van der Waals surface area contributed by atoms with Gasteiger partial charge in [0.15, 0.2) is 0 Å². The second-order valence-corrected chi connectivity index (χ2v) is 8.32. The first-order valence-corrected chi connectivity index (χ1v) is 10.1. The monoisotopic (exact) mass is 390 g/mol. The largest absolute Gasteiger partial charge is 0.368 e. The summed E-state index contributed by atoms with van der Waals surface area (Å²) in [5.74, 6) is 1.29. The van der Waals surface area contributed by atoms with Gasteiger partial charge in [-0.1, -0.05) is 0 Å². The summed E-state index contributed by atoms with van der Waals surface area (Å²) in [6.07, 6.45) is 3.78. The molecule has 0 atom stereocenters. The van der Waals surface area contributed by atoms with Gasteiger partial charge in [0.05, 0.1) is 35.4 Å². The molecular weight excluding hydrogens is 364 g/mol. The van der Waals surface area contributed by atoms with E-state index in [1.165, 1.54) is 0 Å². The maximum absolute atomic E-state index is 4.81. The maximum atomic E-state index is 4.81. The predicted molar refractivity (Wildman–Crippen MR) is 117 cm³/mol. The first-order chi connectivity index (χ1) is 14.0. The number of hydrogen-bond donors (Lipinski definition) is 2. The van der Waals surface area contributed by atoms with E-state index in [0.29, 0.717) is 5.95 Å². The topological polar surface area (TPSA) is 83.3 Å². The predicted octanol–water partition coefficient (Wildman–Crippen LogP) is 2.54. The Morgan fingerprint density at radius 2 is 1.93 bits per heavy atom. The minimum absolute atomic E-state index is 0.120. The van der Waals surface area contributed by atoms with Gasteiger partial charge in [-0.25, -0.2) is 9.97 Å². The maximum Gasteiger partial charge on any atom is 0.230 e. The Bertz CT molecular complexity index is 1070. The van der Waals surface area contributed by atoms with Crippen LogP contribution in [0.4, 0.5) is 17.5 Å². The van der Waals surface area contributed by atoms with Gasteiger partial charge in [0.2, 0.25) is 5.95 Å². The summed E-state index contributed by atoms with van der Waals surface area (Å²) in [6, 6.07) is 6.21. The van der Waals surface area contributed by atoms with Gasteiger partial charge in [-0.2, -0.15) is 4.98 Å². The lowest BCUT2D eigenvalue weighted by Gasteiger charge is -2.31. The number of piperazine rings is 1. The fraction of sp³-hybridized carbons (Fsp3) is 0.429. The molecule has 3 aromatic heterocycles. The summed E-state index contributed by atoms with van der Waals surface area (Å²) in [7, 11) is 0. The second-order valence-electron chi connectivity index (χ2n) is 8.32. The number of rotatable bonds is 3. The fourth-order valence-electron chi connectivity index (χ4n) is 4.08. The third-order valence-corrected chi connectivity index (χ3v) is 5.69. The molecule has 1 fully saturated rings. The molecule has 1 saturated heterocycles. The average molecular weight is 390 g/mol. The zero-order valence-electron chi connectivity index (χ0n) is 17.1. The Hall–Kier alpha value is -3.00. The van der Waals surface area contributed by atoms with E-state index in [-0.39, 0.29) is 5.54 Å². The summed E-state index contributed by atoms with van der Waals surface area (Å²) >= 11 is 0. The van der Waals surface area contributed by atoms with Crippen LogP contribution in [-0.4, -0.2) is 58.0 Å². The van der Waals surface area contributed by atoms with Gasteiger partial charge in [0.1, 0.15) is 11.5 Å². The Kier molecular flexibility index (Phi) is 4.24. The van der Waals surface area contributed by atoms with E-state index in [1.807, 2.05) is 18.5 Å². The molecule has 2 aliphatic rings. The van der Waals surface area contributed by atoms with E-state index in [0.717, 1.165) is 66.7 Å². The fourth-order valence-corrected chi connectivity index (χ4v) is 4.08. The molecule has 3 aromatic rings. The minimum atomic E-state index is -0.120. The third-order valence-electron chi connectivity index (χ3n) is 5.69. The van der Waals surface area contributed by atoms with Crippen molar-refractivity contribution < 1.29 is 0 Å². The van der Waals surface area contributed by atoms with Crippen molar-refractivity contribution in [3.63, 3.8) is 0 Å². The first kappa shape index (κ1) is 18.1. The van der Waals surface area contributed by atoms with Crippen molar-refractivity contribution in [1.29, 1.82) is 0 Å². The third kappa shape index (κ3) is 3.23. The lowest BCUT2D eigenvalue weighted by atomic mass is 10.0. The molecule has 8 nitrogen and oxygen atoms in total. The molecule has 0 radical (unpaired) electrons. The molecule has 0 bridgehead atoms. The number of pyridine rings is 1. The first-order valence-electron chi connectivity index (χ1n) is 10.1. The Morgan fingerprint density at radius 1 is 1.10 bits per heavy atom. The van der Waals surface area contributed by atoms with Crippen molar-refractivity contribution >= 4 is 34.2 Å². The number of aliphatic imine (C=N–C) groups is 1. The van der Waals surface area contributed by atoms with Crippen molar-refractivity contribution in [1.82, 2.24) is 24.8 Å². The van der Waals surface area contributed by atoms with Crippen LogP contribution in [0.2, 0.25) is 0 Å². The second kappa shape index (κ2) is 6.81. The van der Waals surface area contributed by atoms with E-state index in [2.05, 4.69) is 68.0 Å². The molecule has 0 aliphatic carbocycles. The number of anilines is 3. The van der Waals surface area contributed by atoms with Crippen LogP contribution < -0.4 is 15.5 Å². The van der Waals surface area contributed by atoms with Gasteiger partial charge in [0, 0.05) is 37.8 Å². The van der Waals surface area contributed by atoms with E-state index < -0.39 is 0 Å². The molecule has 2 aliphatic heterocycles. The molecule has 0 amide bonds. The standard InChI is InChI=1S/C21H26N8/c1-14-17-10-15-11-24-20(27-19(15)29(17)21(2,3)13-25-14)26-18-5-4-16(12-23-18)28-8-6-22-7-9-28/h4-5,10-12,22H,6-9,13H2,1-3H3,(H,23,24,26,27). The van der Waals surface area contributed by atoms with E-state index in [1.54, 1.807) is 0 Å². The van der Waals surface area contributed by atoms with Crippen LogP contribution in [0.5, 0.6) is 0 Å². The summed E-state index contributed by atoms with van der Waals surface area (Å²) in [5.41, 5.74) is 4.11. The molecule has 2 N–H and O–H groups in total. The van der Waals surface area contributed by atoms with Gasteiger partial charge >= 0.3 is 0 Å². The number of nitrogens with zero attached hydrogens (tertiary/aromatic N) is 6. The molecule has 29 heavy (non-hydrogen) atoms. The van der Waals surface area contributed by atoms with Gasteiger partial charge in [-0.05, 0) is 39.0 Å². The van der Waals surface area contributed by atoms with Crippen molar-refractivity contribution in [2.24, 2.45) is 4.99 Å². The van der Waals surface area contributed by atoms with E-state index >= 15 is 0 Å². The number of hydrogen-bond acceptors (Lipinski definition) is 7. The van der Waals surface area contributed by atoms with Crippen LogP contribution >= 0.6 is 0 Å². The molecule has 5 heterocycles. The molecular formula is C21H26N8. The lowest BCUT2D eigenvalue weighted by Crippen LogP contribution is -2.43. The zero-order valence-corrected chi connectivity index (χ0v) is 17.1. The van der Waals surface area contributed by atoms with Crippen LogP contribution in [0.15, 0.2) is 35.6 Å². The number of nitrogens with one attached hydrogen (secondary N) is 2. The van der Waals surface area contributed by atoms with Crippen LogP contribution in [0.1, 0.15) is 26.5 Å². The molecule has 0 aromatic carbocycles. The normalized spacial score (nSPS) is 18.4. The molecule has 8 heteroatoms. The summed E-state index contributed by atoms with van der Waals surface area (Å²) < 4.78 is 2.28. The molecule has 150 valence electrons. The van der Waals surface area contributed by atoms with Crippen LogP contribution in [0.25, 0.3) is 11.0 Å². The lowest BCUT2D eigenvalue weighted by molar-refractivity contribution is 0.368. The molecule has 0 spiro atoms. The average Bonchev–Trinajstić information content (AvgIpc) is 3.13. The molecule has 5 rings (SSSR count). The highest BCUT2D eigenvalue weighted by atomic mass is 15.2. The van der Waals surface area contributed by atoms with Crippen molar-refractivity contribution in [3.05, 3.63) is 36.3 Å². The summed E-state index contributed by atoms with van der Waals surface area (Å²) in [4.78, 5) is 20.9. The number of aromatic nitrogens is 4. The Balaban J connectivity index is 1.43.